The van der Waals surface area contributed by atoms with Crippen LogP contribution in [0.1, 0.15) is 24.6 Å². The maximum Gasteiger partial charge on any atom is 0.188 e. The summed E-state index contributed by atoms with van der Waals surface area (Å²) in [5, 5.41) is 15.3. The average molecular weight is 411 g/mol. The van der Waals surface area contributed by atoms with E-state index in [4.69, 9.17) is 10.5 Å². The van der Waals surface area contributed by atoms with Gasteiger partial charge in [0.25, 0.3) is 0 Å². The molecule has 0 radical (unpaired) electrons. The quantitative estimate of drug-likeness (QED) is 0.391. The summed E-state index contributed by atoms with van der Waals surface area (Å²) in [7, 11) is 0. The number of ether oxygens (including phenoxy) is 1. The van der Waals surface area contributed by atoms with E-state index >= 15 is 0 Å². The predicted molar refractivity (Wildman–Crippen MR) is 92.8 cm³/mol. The van der Waals surface area contributed by atoms with Crippen molar-refractivity contribution >= 4 is 41.3 Å². The number of nitrogens with two attached hydrogens (primary N) is 1. The van der Waals surface area contributed by atoms with Crippen LogP contribution in [0, 0.1) is 0 Å². The summed E-state index contributed by atoms with van der Waals surface area (Å²) < 4.78 is 5.49. The lowest BCUT2D eigenvalue weighted by Crippen LogP contribution is -2.38. The lowest BCUT2D eigenvalue weighted by molar-refractivity contribution is 0.0711. The third kappa shape index (κ3) is 5.19. The van der Waals surface area contributed by atoms with Crippen LogP contribution in [0.5, 0.6) is 0 Å². The molecule has 5 nitrogen and oxygen atoms in total. The van der Waals surface area contributed by atoms with E-state index in [1.165, 1.54) is 11.3 Å². The van der Waals surface area contributed by atoms with Crippen LogP contribution >= 0.6 is 35.3 Å². The van der Waals surface area contributed by atoms with Gasteiger partial charge in [0.1, 0.15) is 5.60 Å². The van der Waals surface area contributed by atoms with Crippen LogP contribution in [0.25, 0.3) is 0 Å². The molecule has 20 heavy (non-hydrogen) atoms. The average Bonchev–Trinajstić information content (AvgIpc) is 3.06. The summed E-state index contributed by atoms with van der Waals surface area (Å²) >= 11 is 1.51. The van der Waals surface area contributed by atoms with Gasteiger partial charge in [-0.1, -0.05) is 6.07 Å². The standard InChI is InChI=1S/C13H21N3O2S.HI/c1-13(17,11-5-3-7-19-11)9-16-12(14)15-8-10-4-2-6-18-10;/h3,5,7,10,17H,2,4,6,8-9H2,1H3,(H3,14,15,16);1H. The first-order valence-electron chi connectivity index (χ1n) is 6.50. The van der Waals surface area contributed by atoms with Crippen molar-refractivity contribution < 1.29 is 9.84 Å². The second-order valence-corrected chi connectivity index (χ2v) is 5.92. The Hall–Kier alpha value is -0.380. The number of aliphatic hydroxyl groups is 1. The zero-order valence-corrected chi connectivity index (χ0v) is 14.7. The Morgan fingerprint density at radius 1 is 1.70 bits per heavy atom. The van der Waals surface area contributed by atoms with Crippen molar-refractivity contribution in [2.75, 3.05) is 19.7 Å². The summed E-state index contributed by atoms with van der Waals surface area (Å²) in [6.07, 6.45) is 2.40. The van der Waals surface area contributed by atoms with Crippen molar-refractivity contribution in [2.45, 2.75) is 31.5 Å². The molecule has 7 heteroatoms. The van der Waals surface area contributed by atoms with E-state index in [1.807, 2.05) is 17.5 Å². The van der Waals surface area contributed by atoms with Crippen molar-refractivity contribution in [1.29, 1.82) is 0 Å². The molecule has 114 valence electrons. The molecular formula is C13H22IN3O2S. The van der Waals surface area contributed by atoms with E-state index in [9.17, 15) is 5.11 Å². The molecular weight excluding hydrogens is 389 g/mol. The lowest BCUT2D eigenvalue weighted by atomic mass is 10.1. The molecule has 1 aliphatic rings. The maximum atomic E-state index is 10.3. The van der Waals surface area contributed by atoms with Gasteiger partial charge in [0.05, 0.1) is 12.6 Å². The van der Waals surface area contributed by atoms with Crippen LogP contribution in [-0.2, 0) is 10.3 Å². The van der Waals surface area contributed by atoms with E-state index in [-0.39, 0.29) is 36.6 Å². The number of thiophene rings is 1. The normalized spacial score (nSPS) is 22.1. The summed E-state index contributed by atoms with van der Waals surface area (Å²) in [5.74, 6) is 0.354. The van der Waals surface area contributed by atoms with E-state index in [0.717, 1.165) is 24.3 Å². The summed E-state index contributed by atoms with van der Waals surface area (Å²) in [4.78, 5) is 5.09. The molecule has 1 fully saturated rings. The molecule has 2 unspecified atom stereocenters. The molecule has 2 rings (SSSR count). The van der Waals surface area contributed by atoms with Crippen LogP contribution in [0.2, 0.25) is 0 Å². The van der Waals surface area contributed by atoms with Crippen LogP contribution in [0.15, 0.2) is 22.5 Å². The molecule has 0 amide bonds. The Labute approximate surface area is 140 Å². The number of aliphatic imine (C=N–C) groups is 1. The zero-order valence-electron chi connectivity index (χ0n) is 11.5. The Bertz CT molecular complexity index is 417. The largest absolute Gasteiger partial charge is 0.383 e. The molecule has 0 saturated carbocycles. The second-order valence-electron chi connectivity index (χ2n) is 4.97. The molecule has 2 heterocycles. The van der Waals surface area contributed by atoms with Gasteiger partial charge in [-0.15, -0.1) is 35.3 Å². The number of nitrogens with zero attached hydrogens (tertiary/aromatic N) is 1. The first kappa shape index (κ1) is 17.7. The molecule has 0 aromatic carbocycles. The Kier molecular flexibility index (Phi) is 7.21. The van der Waals surface area contributed by atoms with Gasteiger partial charge < -0.3 is 20.9 Å². The topological polar surface area (TPSA) is 79.9 Å². The van der Waals surface area contributed by atoms with Gasteiger partial charge in [0.15, 0.2) is 5.96 Å². The molecule has 1 aliphatic heterocycles. The highest BCUT2D eigenvalue weighted by Gasteiger charge is 2.24. The monoisotopic (exact) mass is 411 g/mol. The fourth-order valence-corrected chi connectivity index (χ4v) is 2.76. The molecule has 1 saturated heterocycles. The number of rotatable bonds is 5. The second kappa shape index (κ2) is 8.16. The number of hydrogen-bond donors (Lipinski definition) is 3. The van der Waals surface area contributed by atoms with Crippen molar-refractivity contribution in [3.05, 3.63) is 22.4 Å². The Morgan fingerprint density at radius 3 is 3.10 bits per heavy atom. The van der Waals surface area contributed by atoms with Crippen LogP contribution < -0.4 is 11.1 Å². The molecule has 1 aromatic rings. The molecule has 1 aromatic heterocycles. The minimum absolute atomic E-state index is 0. The number of nitrogens with one attached hydrogen (secondary N) is 1. The number of halogens is 1. The highest BCUT2D eigenvalue weighted by Crippen LogP contribution is 2.25. The maximum absolute atomic E-state index is 10.3. The minimum Gasteiger partial charge on any atom is -0.383 e. The third-order valence-electron chi connectivity index (χ3n) is 3.14. The van der Waals surface area contributed by atoms with Crippen LogP contribution in [-0.4, -0.2) is 36.9 Å². The van der Waals surface area contributed by atoms with Gasteiger partial charge in [-0.3, -0.25) is 4.99 Å². The Morgan fingerprint density at radius 2 is 2.50 bits per heavy atom. The summed E-state index contributed by atoms with van der Waals surface area (Å²) in [5.41, 5.74) is 4.82. The van der Waals surface area contributed by atoms with Gasteiger partial charge in [-0.25, -0.2) is 0 Å². The van der Waals surface area contributed by atoms with E-state index in [1.54, 1.807) is 6.92 Å². The third-order valence-corrected chi connectivity index (χ3v) is 4.27. The molecule has 0 bridgehead atoms. The highest BCUT2D eigenvalue weighted by molar-refractivity contribution is 14.0. The van der Waals surface area contributed by atoms with Crippen molar-refractivity contribution in [3.8, 4) is 0 Å². The van der Waals surface area contributed by atoms with Gasteiger partial charge in [0.2, 0.25) is 0 Å². The molecule has 4 N–H and O–H groups in total. The van der Waals surface area contributed by atoms with Crippen LogP contribution in [0.4, 0.5) is 0 Å². The fraction of sp³-hybridized carbons (Fsp3) is 0.615. The lowest BCUT2D eigenvalue weighted by Gasteiger charge is -2.20. The van der Waals surface area contributed by atoms with E-state index in [2.05, 4.69) is 10.3 Å². The van der Waals surface area contributed by atoms with Crippen molar-refractivity contribution in [2.24, 2.45) is 10.7 Å². The van der Waals surface area contributed by atoms with Crippen molar-refractivity contribution in [1.82, 2.24) is 5.32 Å². The summed E-state index contributed by atoms with van der Waals surface area (Å²) in [6.45, 7) is 3.50. The molecule has 2 atom stereocenters. The Balaban J connectivity index is 0.00000200. The SMILES string of the molecule is CC(O)(CN=C(N)NCC1CCCO1)c1cccs1.I. The fourth-order valence-electron chi connectivity index (χ4n) is 1.98. The minimum atomic E-state index is -0.968. The first-order chi connectivity index (χ1) is 9.08. The van der Waals surface area contributed by atoms with Crippen molar-refractivity contribution in [3.63, 3.8) is 0 Å². The van der Waals surface area contributed by atoms with Gasteiger partial charge >= 0.3 is 0 Å². The van der Waals surface area contributed by atoms with Crippen LogP contribution in [0.3, 0.4) is 0 Å². The van der Waals surface area contributed by atoms with E-state index < -0.39 is 5.60 Å². The smallest absolute Gasteiger partial charge is 0.188 e. The van der Waals surface area contributed by atoms with Gasteiger partial charge in [0, 0.05) is 18.0 Å². The number of guanidine groups is 1. The van der Waals surface area contributed by atoms with Gasteiger partial charge in [-0.05, 0) is 31.2 Å². The number of hydrogen-bond acceptors (Lipinski definition) is 4. The first-order valence-corrected chi connectivity index (χ1v) is 7.37. The highest BCUT2D eigenvalue weighted by atomic mass is 127. The van der Waals surface area contributed by atoms with Gasteiger partial charge in [-0.2, -0.15) is 0 Å². The molecule has 0 spiro atoms. The van der Waals surface area contributed by atoms with E-state index in [0.29, 0.717) is 12.5 Å². The zero-order chi connectivity index (χ0) is 13.7. The molecule has 0 aliphatic carbocycles. The predicted octanol–water partition coefficient (Wildman–Crippen LogP) is 1.66. The summed E-state index contributed by atoms with van der Waals surface area (Å²) in [6, 6.07) is 3.81.